The third-order valence-corrected chi connectivity index (χ3v) is 11.7. The molecule has 5 heteroatoms. The molecule has 4 saturated carbocycles. The third-order valence-electron chi connectivity index (χ3n) is 11.7. The van der Waals surface area contributed by atoms with Gasteiger partial charge in [0.1, 0.15) is 5.78 Å². The molecule has 4 aliphatic rings. The van der Waals surface area contributed by atoms with Gasteiger partial charge in [0.05, 0.1) is 24.4 Å². The maximum absolute atomic E-state index is 13.3. The average Bonchev–Trinajstić information content (AvgIpc) is 3.10. The Morgan fingerprint density at radius 3 is 2.15 bits per heavy atom. The second kappa shape index (κ2) is 8.87. The van der Waals surface area contributed by atoms with Gasteiger partial charge < -0.3 is 20.4 Å². The average molecular weight is 465 g/mol. The van der Waals surface area contributed by atoms with Crippen molar-refractivity contribution in [2.45, 2.75) is 111 Å². The van der Waals surface area contributed by atoms with Crippen LogP contribution in [-0.2, 0) is 4.79 Å². The van der Waals surface area contributed by atoms with E-state index in [0.29, 0.717) is 48.9 Å². The van der Waals surface area contributed by atoms with E-state index in [9.17, 15) is 25.2 Å². The van der Waals surface area contributed by atoms with Crippen LogP contribution in [0.4, 0.5) is 0 Å². The zero-order valence-corrected chi connectivity index (χ0v) is 21.6. The molecule has 0 unspecified atom stereocenters. The Morgan fingerprint density at radius 2 is 1.52 bits per heavy atom. The Kier molecular flexibility index (Phi) is 6.88. The van der Waals surface area contributed by atoms with Crippen molar-refractivity contribution in [1.29, 1.82) is 0 Å². The smallest absolute Gasteiger partial charge is 0.136 e. The first-order chi connectivity index (χ1) is 15.3. The molecule has 0 aromatic rings. The fraction of sp³-hybridized carbons (Fsp3) is 0.964. The fourth-order valence-corrected chi connectivity index (χ4v) is 9.23. The minimum Gasteiger partial charge on any atom is -0.390 e. The molecule has 0 saturated heterocycles. The molecule has 4 N–H and O–H groups in total. The highest BCUT2D eigenvalue weighted by Gasteiger charge is 2.63. The van der Waals surface area contributed by atoms with Gasteiger partial charge in [0, 0.05) is 12.3 Å². The monoisotopic (exact) mass is 464 g/mol. The van der Waals surface area contributed by atoms with Gasteiger partial charge in [-0.05, 0) is 90.8 Å². The van der Waals surface area contributed by atoms with E-state index in [1.54, 1.807) is 0 Å². The highest BCUT2D eigenvalue weighted by atomic mass is 16.3. The van der Waals surface area contributed by atoms with Crippen LogP contribution in [0.1, 0.15) is 86.5 Å². The zero-order valence-electron chi connectivity index (χ0n) is 21.6. The Bertz CT molecular complexity index is 738. The number of hydrogen-bond acceptors (Lipinski definition) is 5. The third kappa shape index (κ3) is 3.93. The Balaban J connectivity index is 1.56. The number of Topliss-reactive ketones (excluding diaryl/α,β-unsaturated/α-hetero) is 1. The largest absolute Gasteiger partial charge is 0.390 e. The van der Waals surface area contributed by atoms with Crippen molar-refractivity contribution in [3.63, 3.8) is 0 Å². The Labute approximate surface area is 200 Å². The molecule has 0 heterocycles. The summed E-state index contributed by atoms with van der Waals surface area (Å²) >= 11 is 0. The summed E-state index contributed by atoms with van der Waals surface area (Å²) in [6.07, 6.45) is 2.80. The maximum atomic E-state index is 13.3. The van der Waals surface area contributed by atoms with E-state index in [4.69, 9.17) is 0 Å². The van der Waals surface area contributed by atoms with Gasteiger partial charge in [-0.15, -0.1) is 0 Å². The number of fused-ring (bicyclic) bond motifs is 5. The van der Waals surface area contributed by atoms with Crippen LogP contribution in [0.3, 0.4) is 0 Å². The molecule has 5 nitrogen and oxygen atoms in total. The van der Waals surface area contributed by atoms with Crippen LogP contribution < -0.4 is 0 Å². The van der Waals surface area contributed by atoms with E-state index in [1.807, 2.05) is 6.92 Å². The summed E-state index contributed by atoms with van der Waals surface area (Å²) in [5.74, 6) is 2.05. The molecular weight excluding hydrogens is 416 g/mol. The second-order valence-electron chi connectivity index (χ2n) is 13.4. The van der Waals surface area contributed by atoms with E-state index in [2.05, 4.69) is 34.6 Å². The lowest BCUT2D eigenvalue weighted by Crippen LogP contribution is -2.59. The van der Waals surface area contributed by atoms with Gasteiger partial charge in [0.25, 0.3) is 0 Å². The number of hydrogen-bond donors (Lipinski definition) is 4. The Morgan fingerprint density at radius 1 is 0.879 bits per heavy atom. The molecule has 0 aromatic carbocycles. The zero-order chi connectivity index (χ0) is 24.5. The van der Waals surface area contributed by atoms with Gasteiger partial charge in [-0.1, -0.05) is 41.5 Å². The van der Waals surface area contributed by atoms with Crippen LogP contribution in [0.15, 0.2) is 0 Å². The SMILES string of the molecule is CC(C)[C@@H](C)[C@H](O)[C@@H](O)[C@@H](C)[C@H]1CC[C@H]2[C@@H]3CC(=O)[C@@H]4C[C@@H](O)[C@@H](O)C[C@]4(C)[C@H]3CC[C@]12C. The summed E-state index contributed by atoms with van der Waals surface area (Å²) in [6, 6.07) is 0. The standard InChI is InChI=1S/C28H48O5/c1-14(2)15(3)25(32)26(33)16(4)18-7-8-19-17-11-22(29)21-12-23(30)24(31)13-28(21,6)20(17)9-10-27(18,19)5/h14-21,23-26,30-33H,7-13H2,1-6H3/t15-,16+,17+,18-,19+,20+,21+,23-,24+,25+,26+,27-,28-/m1/s1. The lowest BCUT2D eigenvalue weighted by molar-refractivity contribution is -0.175. The number of aliphatic hydroxyl groups is 4. The molecule has 4 fully saturated rings. The lowest BCUT2D eigenvalue weighted by atomic mass is 9.44. The van der Waals surface area contributed by atoms with Gasteiger partial charge in [-0.25, -0.2) is 0 Å². The van der Waals surface area contributed by atoms with Gasteiger partial charge >= 0.3 is 0 Å². The van der Waals surface area contributed by atoms with Crippen molar-refractivity contribution in [2.24, 2.45) is 58.2 Å². The van der Waals surface area contributed by atoms with Crippen LogP contribution in [0.5, 0.6) is 0 Å². The highest BCUT2D eigenvalue weighted by molar-refractivity contribution is 5.83. The Hall–Kier alpha value is -0.490. The quantitative estimate of drug-likeness (QED) is 0.496. The first-order valence-corrected chi connectivity index (χ1v) is 13.6. The predicted octanol–water partition coefficient (Wildman–Crippen LogP) is 3.81. The van der Waals surface area contributed by atoms with E-state index >= 15 is 0 Å². The summed E-state index contributed by atoms with van der Waals surface area (Å²) in [4.78, 5) is 13.3. The molecule has 0 radical (unpaired) electrons. The molecule has 0 bridgehead atoms. The molecule has 13 atom stereocenters. The van der Waals surface area contributed by atoms with Crippen molar-refractivity contribution in [2.75, 3.05) is 0 Å². The van der Waals surface area contributed by atoms with Crippen molar-refractivity contribution < 1.29 is 25.2 Å². The molecule has 0 amide bonds. The molecule has 0 aliphatic heterocycles. The van der Waals surface area contributed by atoms with Crippen molar-refractivity contribution in [1.82, 2.24) is 0 Å². The minimum absolute atomic E-state index is 0.0158. The van der Waals surface area contributed by atoms with Crippen LogP contribution >= 0.6 is 0 Å². The first-order valence-electron chi connectivity index (χ1n) is 13.6. The van der Waals surface area contributed by atoms with Crippen molar-refractivity contribution >= 4 is 5.78 Å². The summed E-state index contributed by atoms with van der Waals surface area (Å²) < 4.78 is 0. The number of carbonyl (C=O) groups excluding carboxylic acids is 1. The summed E-state index contributed by atoms with van der Waals surface area (Å²) in [7, 11) is 0. The molecule has 4 aliphatic carbocycles. The van der Waals surface area contributed by atoms with Crippen LogP contribution in [0.25, 0.3) is 0 Å². The van der Waals surface area contributed by atoms with E-state index < -0.39 is 24.4 Å². The van der Waals surface area contributed by atoms with Gasteiger partial charge in [-0.2, -0.15) is 0 Å². The number of aliphatic hydroxyl groups excluding tert-OH is 4. The topological polar surface area (TPSA) is 98.0 Å². The molecule has 33 heavy (non-hydrogen) atoms. The summed E-state index contributed by atoms with van der Waals surface area (Å²) in [6.45, 7) is 12.9. The van der Waals surface area contributed by atoms with Crippen molar-refractivity contribution in [3.8, 4) is 0 Å². The van der Waals surface area contributed by atoms with Crippen LogP contribution in [0.2, 0.25) is 0 Å². The number of rotatable bonds is 5. The molecule has 190 valence electrons. The van der Waals surface area contributed by atoms with E-state index in [-0.39, 0.29) is 34.4 Å². The van der Waals surface area contributed by atoms with E-state index in [1.165, 1.54) is 0 Å². The summed E-state index contributed by atoms with van der Waals surface area (Å²) in [5.41, 5.74) is -0.162. The van der Waals surface area contributed by atoms with Crippen molar-refractivity contribution in [3.05, 3.63) is 0 Å². The molecular formula is C28H48O5. The maximum Gasteiger partial charge on any atom is 0.136 e. The minimum atomic E-state index is -0.782. The van der Waals surface area contributed by atoms with E-state index in [0.717, 1.165) is 25.7 Å². The summed E-state index contributed by atoms with van der Waals surface area (Å²) in [5, 5.41) is 42.8. The van der Waals surface area contributed by atoms with Gasteiger partial charge in [-0.3, -0.25) is 4.79 Å². The molecule has 0 spiro atoms. The first kappa shape index (κ1) is 25.6. The second-order valence-corrected chi connectivity index (χ2v) is 13.4. The molecule has 0 aromatic heterocycles. The predicted molar refractivity (Wildman–Crippen MR) is 128 cm³/mol. The van der Waals surface area contributed by atoms with Gasteiger partial charge in [0.15, 0.2) is 0 Å². The lowest BCUT2D eigenvalue weighted by Gasteiger charge is -2.61. The fourth-order valence-electron chi connectivity index (χ4n) is 9.23. The van der Waals surface area contributed by atoms with Crippen LogP contribution in [-0.4, -0.2) is 50.6 Å². The van der Waals surface area contributed by atoms with Gasteiger partial charge in [0.2, 0.25) is 0 Å². The highest BCUT2D eigenvalue weighted by Crippen LogP contribution is 2.67. The number of carbonyl (C=O) groups is 1. The normalized spacial score (nSPS) is 49.1. The van der Waals surface area contributed by atoms with Crippen LogP contribution in [0, 0.1) is 58.2 Å². The number of ketones is 1. The molecule has 4 rings (SSSR count).